The molecule has 0 radical (unpaired) electrons. The molecule has 0 saturated carbocycles. The highest BCUT2D eigenvalue weighted by Gasteiger charge is 2.19. The van der Waals surface area contributed by atoms with Crippen LogP contribution in [0.5, 0.6) is 0 Å². The summed E-state index contributed by atoms with van der Waals surface area (Å²) in [5, 5.41) is 3.44. The van der Waals surface area contributed by atoms with Gasteiger partial charge < -0.3 is 10.1 Å². The maximum Gasteiger partial charge on any atom is 0.0876 e. The Kier molecular flexibility index (Phi) is 4.09. The molecule has 2 rings (SSSR count). The monoisotopic (exact) mass is 233 g/mol. The van der Waals surface area contributed by atoms with Crippen molar-refractivity contribution in [2.75, 3.05) is 13.2 Å². The summed E-state index contributed by atoms with van der Waals surface area (Å²) in [5.41, 5.74) is 3.17. The Labute approximate surface area is 102 Å². The molecule has 0 amide bonds. The molecular weight excluding hydrogens is 214 g/mol. The second kappa shape index (κ2) is 5.77. The van der Waals surface area contributed by atoms with Crippen molar-refractivity contribution in [3.63, 3.8) is 0 Å². The van der Waals surface area contributed by atoms with E-state index in [1.54, 1.807) is 0 Å². The van der Waals surface area contributed by atoms with Crippen molar-refractivity contribution < 1.29 is 4.74 Å². The van der Waals surface area contributed by atoms with E-state index in [4.69, 9.17) is 4.74 Å². The van der Waals surface area contributed by atoms with Crippen LogP contribution >= 0.6 is 0 Å². The second-order valence-corrected chi connectivity index (χ2v) is 4.24. The Balaban J connectivity index is 2.21. The minimum Gasteiger partial charge on any atom is -0.501 e. The number of ether oxygens (including phenoxy) is 1. The van der Waals surface area contributed by atoms with Gasteiger partial charge in [0, 0.05) is 6.20 Å². The number of likely N-dealkylation sites (N-methyl/N-ethyl adjacent to an activating group) is 1. The molecule has 0 aliphatic carbocycles. The lowest BCUT2D eigenvalue weighted by Gasteiger charge is -2.23. The first-order chi connectivity index (χ1) is 8.31. The lowest BCUT2D eigenvalue weighted by molar-refractivity contribution is 0.219. The van der Waals surface area contributed by atoms with Crippen LogP contribution in [0.1, 0.15) is 37.2 Å². The van der Waals surface area contributed by atoms with Crippen LogP contribution in [0.3, 0.4) is 0 Å². The van der Waals surface area contributed by atoms with Crippen LogP contribution in [0.15, 0.2) is 24.2 Å². The van der Waals surface area contributed by atoms with Crippen LogP contribution in [0.4, 0.5) is 0 Å². The van der Waals surface area contributed by atoms with Crippen molar-refractivity contribution in [2.24, 2.45) is 0 Å². The van der Waals surface area contributed by atoms with Crippen LogP contribution in [0.2, 0.25) is 0 Å². The Hall–Kier alpha value is -1.42. The maximum absolute atomic E-state index is 5.40. The van der Waals surface area contributed by atoms with E-state index in [0.29, 0.717) is 0 Å². The van der Waals surface area contributed by atoms with E-state index in [2.05, 4.69) is 22.2 Å². The predicted molar refractivity (Wildman–Crippen MR) is 66.5 cm³/mol. The van der Waals surface area contributed by atoms with E-state index < -0.39 is 0 Å². The fourth-order valence-electron chi connectivity index (χ4n) is 1.98. The third-order valence-corrected chi connectivity index (χ3v) is 2.84. The average molecular weight is 233 g/mol. The minimum atomic E-state index is 0.133. The van der Waals surface area contributed by atoms with Crippen molar-refractivity contribution in [3.8, 4) is 0 Å². The van der Waals surface area contributed by atoms with E-state index in [9.17, 15) is 0 Å². The van der Waals surface area contributed by atoms with E-state index in [0.717, 1.165) is 37.4 Å². The van der Waals surface area contributed by atoms with Crippen LogP contribution in [0, 0.1) is 6.92 Å². The molecule has 2 heterocycles. The van der Waals surface area contributed by atoms with E-state index in [-0.39, 0.29) is 6.04 Å². The van der Waals surface area contributed by atoms with Gasteiger partial charge >= 0.3 is 0 Å². The zero-order valence-corrected chi connectivity index (χ0v) is 10.4. The summed E-state index contributed by atoms with van der Waals surface area (Å²) in [6, 6.07) is 0.133. The van der Waals surface area contributed by atoms with Gasteiger partial charge in [0.2, 0.25) is 0 Å². The number of rotatable bonds is 4. The van der Waals surface area contributed by atoms with Crippen molar-refractivity contribution in [1.29, 1.82) is 0 Å². The zero-order chi connectivity index (χ0) is 12.1. The number of aryl methyl sites for hydroxylation is 1. The standard InChI is InChI=1S/C13H19N3O/c1-3-14-13(11-5-4-6-17-9-11)12-8-15-10(2)7-16-12/h7-9,13-14H,3-6H2,1-2H3. The predicted octanol–water partition coefficient (Wildman–Crippen LogP) is 2.13. The van der Waals surface area contributed by atoms with E-state index in [1.807, 2.05) is 25.6 Å². The van der Waals surface area contributed by atoms with Gasteiger partial charge in [0.25, 0.3) is 0 Å². The Morgan fingerprint density at radius 2 is 2.29 bits per heavy atom. The highest BCUT2D eigenvalue weighted by Crippen LogP contribution is 2.25. The van der Waals surface area contributed by atoms with Crippen molar-refractivity contribution in [1.82, 2.24) is 15.3 Å². The highest BCUT2D eigenvalue weighted by atomic mass is 16.5. The summed E-state index contributed by atoms with van der Waals surface area (Å²) in [4.78, 5) is 8.76. The molecule has 0 spiro atoms. The smallest absolute Gasteiger partial charge is 0.0876 e. The van der Waals surface area contributed by atoms with Crippen molar-refractivity contribution in [3.05, 3.63) is 35.6 Å². The van der Waals surface area contributed by atoms with Gasteiger partial charge in [-0.2, -0.15) is 0 Å². The number of aromatic nitrogens is 2. The van der Waals surface area contributed by atoms with Gasteiger partial charge in [0.15, 0.2) is 0 Å². The lowest BCUT2D eigenvalue weighted by Crippen LogP contribution is -2.25. The molecule has 1 N–H and O–H groups in total. The van der Waals surface area contributed by atoms with Gasteiger partial charge in [0.1, 0.15) is 0 Å². The first-order valence-electron chi connectivity index (χ1n) is 6.13. The largest absolute Gasteiger partial charge is 0.501 e. The maximum atomic E-state index is 5.40. The third-order valence-electron chi connectivity index (χ3n) is 2.84. The number of nitrogens with zero attached hydrogens (tertiary/aromatic N) is 2. The van der Waals surface area contributed by atoms with Gasteiger partial charge in [-0.05, 0) is 31.9 Å². The summed E-state index contributed by atoms with van der Waals surface area (Å²) in [6.45, 7) is 5.76. The molecule has 1 unspecified atom stereocenters. The molecule has 4 nitrogen and oxygen atoms in total. The van der Waals surface area contributed by atoms with Crippen LogP contribution in [0.25, 0.3) is 0 Å². The average Bonchev–Trinajstić information content (AvgIpc) is 2.38. The minimum absolute atomic E-state index is 0.133. The van der Waals surface area contributed by atoms with Gasteiger partial charge in [-0.3, -0.25) is 9.97 Å². The Bertz CT molecular complexity index is 386. The summed E-state index contributed by atoms with van der Waals surface area (Å²) in [6.07, 6.45) is 7.67. The van der Waals surface area contributed by atoms with Crippen molar-refractivity contribution in [2.45, 2.75) is 32.7 Å². The molecule has 1 aliphatic rings. The molecule has 17 heavy (non-hydrogen) atoms. The molecule has 0 saturated heterocycles. The molecule has 0 bridgehead atoms. The summed E-state index contributed by atoms with van der Waals surface area (Å²) >= 11 is 0. The van der Waals surface area contributed by atoms with E-state index >= 15 is 0 Å². The fraction of sp³-hybridized carbons (Fsp3) is 0.538. The fourth-order valence-corrected chi connectivity index (χ4v) is 1.98. The molecule has 0 fully saturated rings. The van der Waals surface area contributed by atoms with Crippen molar-refractivity contribution >= 4 is 0 Å². The summed E-state index contributed by atoms with van der Waals surface area (Å²) < 4.78 is 5.40. The van der Waals surface area contributed by atoms with Crippen LogP contribution < -0.4 is 5.32 Å². The third kappa shape index (κ3) is 3.03. The topological polar surface area (TPSA) is 47.0 Å². The second-order valence-electron chi connectivity index (χ2n) is 4.24. The molecule has 92 valence electrons. The first-order valence-corrected chi connectivity index (χ1v) is 6.13. The first kappa shape index (κ1) is 12.0. The molecule has 1 aliphatic heterocycles. The molecule has 4 heteroatoms. The molecular formula is C13H19N3O. The number of hydrogen-bond donors (Lipinski definition) is 1. The van der Waals surface area contributed by atoms with Gasteiger partial charge in [-0.1, -0.05) is 6.92 Å². The SMILES string of the molecule is CCNC(C1=COCCC1)c1cnc(C)cn1. The molecule has 0 aromatic carbocycles. The summed E-state index contributed by atoms with van der Waals surface area (Å²) in [5.74, 6) is 0. The van der Waals surface area contributed by atoms with Gasteiger partial charge in [0.05, 0.1) is 36.5 Å². The lowest BCUT2D eigenvalue weighted by atomic mass is 9.99. The highest BCUT2D eigenvalue weighted by molar-refractivity contribution is 5.20. The van der Waals surface area contributed by atoms with E-state index in [1.165, 1.54) is 5.57 Å². The molecule has 1 aromatic rings. The molecule has 1 atom stereocenters. The molecule has 1 aromatic heterocycles. The summed E-state index contributed by atoms with van der Waals surface area (Å²) in [7, 11) is 0. The number of hydrogen-bond acceptors (Lipinski definition) is 4. The zero-order valence-electron chi connectivity index (χ0n) is 10.4. The van der Waals surface area contributed by atoms with Crippen LogP contribution in [-0.4, -0.2) is 23.1 Å². The Morgan fingerprint density at radius 1 is 1.41 bits per heavy atom. The Morgan fingerprint density at radius 3 is 2.88 bits per heavy atom. The number of nitrogens with one attached hydrogen (secondary N) is 1. The van der Waals surface area contributed by atoms with Gasteiger partial charge in [-0.15, -0.1) is 0 Å². The van der Waals surface area contributed by atoms with Crippen LogP contribution in [-0.2, 0) is 4.74 Å². The van der Waals surface area contributed by atoms with Gasteiger partial charge in [-0.25, -0.2) is 0 Å². The normalized spacial score (nSPS) is 17.2. The quantitative estimate of drug-likeness (QED) is 0.865.